The number of ether oxygens (including phenoxy) is 2. The molecule has 1 aromatic carbocycles. The molecule has 3 aromatic rings. The van der Waals surface area contributed by atoms with Gasteiger partial charge >= 0.3 is 6.09 Å². The highest BCUT2D eigenvalue weighted by Gasteiger charge is 2.13. The summed E-state index contributed by atoms with van der Waals surface area (Å²) >= 11 is 0. The maximum Gasteiger partial charge on any atom is 0.414 e. The minimum Gasteiger partial charge on any atom is -0.497 e. The molecule has 0 fully saturated rings. The summed E-state index contributed by atoms with van der Waals surface area (Å²) in [7, 11) is 1.56. The SMILES string of the molecule is COc1ccc(COC(=O)Nc2nc3c(ncn3CC(C)=O)c(=O)[nH]2)cc1. The zero-order valence-corrected chi connectivity index (χ0v) is 14.7. The fourth-order valence-corrected chi connectivity index (χ4v) is 2.37. The summed E-state index contributed by atoms with van der Waals surface area (Å²) < 4.78 is 11.6. The predicted molar refractivity (Wildman–Crippen MR) is 95.6 cm³/mol. The van der Waals surface area contributed by atoms with Gasteiger partial charge in [0.15, 0.2) is 11.2 Å². The Bertz CT molecular complexity index is 1040. The van der Waals surface area contributed by atoms with Gasteiger partial charge in [-0.25, -0.2) is 9.78 Å². The lowest BCUT2D eigenvalue weighted by atomic mass is 10.2. The van der Waals surface area contributed by atoms with E-state index >= 15 is 0 Å². The van der Waals surface area contributed by atoms with Gasteiger partial charge in [-0.2, -0.15) is 4.98 Å². The number of fused-ring (bicyclic) bond motifs is 1. The number of benzene rings is 1. The summed E-state index contributed by atoms with van der Waals surface area (Å²) in [5.74, 6) is 0.475. The van der Waals surface area contributed by atoms with Crippen LogP contribution in [0.5, 0.6) is 5.75 Å². The number of Topliss-reactive ketones (excluding diaryl/α,β-unsaturated/α-hetero) is 1. The number of carbonyl (C=O) groups is 2. The van der Waals surface area contributed by atoms with Crippen molar-refractivity contribution < 1.29 is 19.1 Å². The average Bonchev–Trinajstić information content (AvgIpc) is 3.03. The van der Waals surface area contributed by atoms with Gasteiger partial charge < -0.3 is 14.0 Å². The Labute approximate surface area is 153 Å². The van der Waals surface area contributed by atoms with Crippen molar-refractivity contribution >= 4 is 29.0 Å². The smallest absolute Gasteiger partial charge is 0.414 e. The van der Waals surface area contributed by atoms with Crippen LogP contribution in [0, 0.1) is 0 Å². The van der Waals surface area contributed by atoms with Gasteiger partial charge in [-0.3, -0.25) is 19.9 Å². The normalized spacial score (nSPS) is 10.6. The van der Waals surface area contributed by atoms with Gasteiger partial charge in [0.1, 0.15) is 18.1 Å². The highest BCUT2D eigenvalue weighted by Crippen LogP contribution is 2.12. The van der Waals surface area contributed by atoms with Crippen LogP contribution in [-0.2, 0) is 22.7 Å². The van der Waals surface area contributed by atoms with Crippen LogP contribution < -0.4 is 15.6 Å². The van der Waals surface area contributed by atoms with Crippen molar-refractivity contribution in [3.8, 4) is 5.75 Å². The third-order valence-corrected chi connectivity index (χ3v) is 3.62. The van der Waals surface area contributed by atoms with Crippen LogP contribution in [0.15, 0.2) is 35.4 Å². The lowest BCUT2D eigenvalue weighted by Gasteiger charge is -2.07. The number of methoxy groups -OCH3 is 1. The molecule has 2 heterocycles. The minimum absolute atomic E-state index is 0.0221. The number of H-pyrrole nitrogens is 1. The number of rotatable bonds is 6. The van der Waals surface area contributed by atoms with Crippen LogP contribution >= 0.6 is 0 Å². The first kappa shape index (κ1) is 18.1. The first-order valence-electron chi connectivity index (χ1n) is 7.97. The molecule has 2 aromatic heterocycles. The molecule has 0 bridgehead atoms. The van der Waals surface area contributed by atoms with Crippen LogP contribution in [0.4, 0.5) is 10.7 Å². The number of hydrogen-bond acceptors (Lipinski definition) is 7. The summed E-state index contributed by atoms with van der Waals surface area (Å²) in [4.78, 5) is 45.8. The summed E-state index contributed by atoms with van der Waals surface area (Å²) in [5, 5.41) is 2.36. The van der Waals surface area contributed by atoms with Crippen LogP contribution in [0.1, 0.15) is 12.5 Å². The van der Waals surface area contributed by atoms with Crippen LogP contribution in [0.3, 0.4) is 0 Å². The maximum absolute atomic E-state index is 12.1. The van der Waals surface area contributed by atoms with Gasteiger partial charge in [0.2, 0.25) is 5.95 Å². The Kier molecular flexibility index (Phi) is 5.15. The third-order valence-electron chi connectivity index (χ3n) is 3.62. The summed E-state index contributed by atoms with van der Waals surface area (Å²) in [6.07, 6.45) is 0.561. The zero-order valence-electron chi connectivity index (χ0n) is 14.7. The standard InChI is InChI=1S/C17H17N5O5/c1-10(23)7-22-9-18-13-14(22)19-16(20-15(13)24)21-17(25)27-8-11-3-5-12(26-2)6-4-11/h3-6,9H,7-8H2,1-2H3,(H2,19,20,21,24,25). The third kappa shape index (κ3) is 4.29. The second kappa shape index (κ2) is 7.68. The van der Waals surface area contributed by atoms with Crippen molar-refractivity contribution in [2.24, 2.45) is 0 Å². The number of nitrogens with zero attached hydrogens (tertiary/aromatic N) is 3. The van der Waals surface area contributed by atoms with Crippen molar-refractivity contribution in [1.29, 1.82) is 0 Å². The predicted octanol–water partition coefficient (Wildman–Crippen LogP) is 1.47. The van der Waals surface area contributed by atoms with Crippen molar-refractivity contribution in [1.82, 2.24) is 19.5 Å². The summed E-state index contributed by atoms with van der Waals surface area (Å²) in [5.41, 5.74) is 0.503. The van der Waals surface area contributed by atoms with Crippen molar-refractivity contribution in [2.45, 2.75) is 20.1 Å². The molecule has 2 N–H and O–H groups in total. The molecule has 0 aliphatic rings. The molecule has 0 radical (unpaired) electrons. The van der Waals surface area contributed by atoms with Gasteiger partial charge in [-0.1, -0.05) is 12.1 Å². The van der Waals surface area contributed by atoms with Crippen LogP contribution in [-0.4, -0.2) is 38.5 Å². The molecule has 0 saturated carbocycles. The van der Waals surface area contributed by atoms with E-state index in [4.69, 9.17) is 9.47 Å². The second-order valence-corrected chi connectivity index (χ2v) is 5.71. The number of aromatic amines is 1. The number of hydrogen-bond donors (Lipinski definition) is 2. The highest BCUT2D eigenvalue weighted by atomic mass is 16.5. The van der Waals surface area contributed by atoms with Gasteiger partial charge in [0.05, 0.1) is 20.0 Å². The Morgan fingerprint density at radius 2 is 2.00 bits per heavy atom. The van der Waals surface area contributed by atoms with Crippen molar-refractivity contribution in [3.63, 3.8) is 0 Å². The van der Waals surface area contributed by atoms with E-state index < -0.39 is 11.7 Å². The highest BCUT2D eigenvalue weighted by molar-refractivity contribution is 5.84. The molecule has 0 atom stereocenters. The van der Waals surface area contributed by atoms with E-state index in [0.29, 0.717) is 5.75 Å². The first-order chi connectivity index (χ1) is 13.0. The van der Waals surface area contributed by atoms with Gasteiger partial charge in [0, 0.05) is 0 Å². The largest absolute Gasteiger partial charge is 0.497 e. The second-order valence-electron chi connectivity index (χ2n) is 5.71. The Hall–Kier alpha value is -3.69. The Morgan fingerprint density at radius 3 is 2.67 bits per heavy atom. The number of imidazole rings is 1. The Balaban J connectivity index is 1.70. The molecular weight excluding hydrogens is 354 g/mol. The van der Waals surface area contributed by atoms with E-state index in [1.165, 1.54) is 17.8 Å². The fourth-order valence-electron chi connectivity index (χ4n) is 2.37. The molecule has 0 aliphatic heterocycles. The molecule has 27 heavy (non-hydrogen) atoms. The summed E-state index contributed by atoms with van der Waals surface area (Å²) in [6, 6.07) is 7.02. The molecule has 1 amide bonds. The Morgan fingerprint density at radius 1 is 1.26 bits per heavy atom. The molecule has 0 saturated heterocycles. The van der Waals surface area contributed by atoms with E-state index in [9.17, 15) is 14.4 Å². The fraction of sp³-hybridized carbons (Fsp3) is 0.235. The van der Waals surface area contributed by atoms with Gasteiger partial charge in [-0.15, -0.1) is 0 Å². The molecule has 0 unspecified atom stereocenters. The minimum atomic E-state index is -0.786. The molecular formula is C17H17N5O5. The number of amides is 1. The zero-order chi connectivity index (χ0) is 19.4. The molecule has 10 heteroatoms. The van der Waals surface area contributed by atoms with E-state index in [0.717, 1.165) is 5.56 Å². The first-order valence-corrected chi connectivity index (χ1v) is 7.97. The number of ketones is 1. The van der Waals surface area contributed by atoms with Gasteiger partial charge in [0.25, 0.3) is 5.56 Å². The van der Waals surface area contributed by atoms with E-state index in [-0.39, 0.29) is 36.0 Å². The van der Waals surface area contributed by atoms with Crippen LogP contribution in [0.25, 0.3) is 11.2 Å². The van der Waals surface area contributed by atoms with Crippen LogP contribution in [0.2, 0.25) is 0 Å². The number of nitrogens with one attached hydrogen (secondary N) is 2. The van der Waals surface area contributed by atoms with E-state index in [1.54, 1.807) is 31.4 Å². The molecule has 3 rings (SSSR count). The topological polar surface area (TPSA) is 128 Å². The number of carbonyl (C=O) groups excluding carboxylic acids is 2. The van der Waals surface area contributed by atoms with Crippen molar-refractivity contribution in [3.05, 3.63) is 46.5 Å². The van der Waals surface area contributed by atoms with E-state index in [2.05, 4.69) is 20.3 Å². The number of aromatic nitrogens is 4. The van der Waals surface area contributed by atoms with Gasteiger partial charge in [-0.05, 0) is 24.6 Å². The molecule has 0 aliphatic carbocycles. The molecule has 140 valence electrons. The average molecular weight is 371 g/mol. The maximum atomic E-state index is 12.1. The van der Waals surface area contributed by atoms with Crippen molar-refractivity contribution in [2.75, 3.05) is 12.4 Å². The summed E-state index contributed by atoms with van der Waals surface area (Å²) in [6.45, 7) is 1.47. The molecule has 10 nitrogen and oxygen atoms in total. The quantitative estimate of drug-likeness (QED) is 0.671. The lowest BCUT2D eigenvalue weighted by molar-refractivity contribution is -0.117. The number of anilines is 1. The monoisotopic (exact) mass is 371 g/mol. The van der Waals surface area contributed by atoms with E-state index in [1.807, 2.05) is 0 Å². The lowest BCUT2D eigenvalue weighted by Crippen LogP contribution is -2.20. The molecule has 0 spiro atoms.